The fourth-order valence-corrected chi connectivity index (χ4v) is 4.33. The molecule has 0 saturated carbocycles. The Hall–Kier alpha value is -1.96. The van der Waals surface area contributed by atoms with Gasteiger partial charge in [-0.25, -0.2) is 8.42 Å². The number of piperazine rings is 1. The molecule has 1 saturated heterocycles. The molecule has 1 aromatic carbocycles. The monoisotopic (exact) mass is 333 g/mol. The van der Waals surface area contributed by atoms with E-state index in [2.05, 4.69) is 10.3 Å². The summed E-state index contributed by atoms with van der Waals surface area (Å²) >= 11 is 0. The third-order valence-electron chi connectivity index (χ3n) is 3.93. The molecule has 3 rings (SSSR count). The highest BCUT2D eigenvalue weighted by Gasteiger charge is 2.34. The summed E-state index contributed by atoms with van der Waals surface area (Å²) in [6.45, 7) is 1.63. The smallest absolute Gasteiger partial charge is 0.243 e. The molecule has 0 aliphatic carbocycles. The van der Waals surface area contributed by atoms with E-state index >= 15 is 0 Å². The van der Waals surface area contributed by atoms with Crippen molar-refractivity contribution >= 4 is 10.0 Å². The van der Waals surface area contributed by atoms with Gasteiger partial charge >= 0.3 is 0 Å². The van der Waals surface area contributed by atoms with Gasteiger partial charge in [0.05, 0.1) is 18.0 Å². The maximum absolute atomic E-state index is 13.0. The summed E-state index contributed by atoms with van der Waals surface area (Å²) in [6.07, 6.45) is 3.40. The molecule has 122 valence electrons. The van der Waals surface area contributed by atoms with Crippen molar-refractivity contribution in [3.05, 3.63) is 54.4 Å². The number of sulfonamides is 1. The summed E-state index contributed by atoms with van der Waals surface area (Å²) in [6, 6.07) is 9.95. The highest BCUT2D eigenvalue weighted by atomic mass is 32.2. The number of pyridine rings is 1. The molecule has 1 aromatic heterocycles. The molecule has 6 nitrogen and oxygen atoms in total. The Labute approximate surface area is 136 Å². The quantitative estimate of drug-likeness (QED) is 0.916. The number of ether oxygens (including phenoxy) is 1. The first-order valence-electron chi connectivity index (χ1n) is 7.39. The van der Waals surface area contributed by atoms with Gasteiger partial charge in [0, 0.05) is 32.0 Å². The minimum Gasteiger partial charge on any atom is -0.497 e. The second-order valence-corrected chi connectivity index (χ2v) is 7.19. The first kappa shape index (κ1) is 15.9. The normalized spacial score (nSPS) is 19.4. The van der Waals surface area contributed by atoms with Crippen molar-refractivity contribution in [3.63, 3.8) is 0 Å². The molecule has 1 fully saturated rings. The second-order valence-electron chi connectivity index (χ2n) is 5.30. The predicted octanol–water partition coefficient (Wildman–Crippen LogP) is 1.43. The van der Waals surface area contributed by atoms with E-state index in [0.717, 1.165) is 5.56 Å². The van der Waals surface area contributed by atoms with Crippen molar-refractivity contribution in [1.82, 2.24) is 14.6 Å². The third-order valence-corrected chi connectivity index (χ3v) is 5.85. The lowest BCUT2D eigenvalue weighted by Crippen LogP contribution is -2.48. The minimum absolute atomic E-state index is 0.260. The van der Waals surface area contributed by atoms with Crippen LogP contribution >= 0.6 is 0 Å². The van der Waals surface area contributed by atoms with Crippen LogP contribution in [0.4, 0.5) is 0 Å². The number of rotatable bonds is 4. The standard InChI is InChI=1S/C16H19N3O3S/c1-22-14-4-6-15(7-5-14)23(20,21)19-10-9-18-12-16(19)13-3-2-8-17-11-13/h2-8,11,16,18H,9-10,12H2,1H3. The van der Waals surface area contributed by atoms with Gasteiger partial charge in [0.15, 0.2) is 0 Å². The summed E-state index contributed by atoms with van der Waals surface area (Å²) in [7, 11) is -2.02. The Bertz CT molecular complexity index is 748. The zero-order chi connectivity index (χ0) is 16.3. The van der Waals surface area contributed by atoms with Crippen molar-refractivity contribution in [1.29, 1.82) is 0 Å². The van der Waals surface area contributed by atoms with Gasteiger partial charge in [0.1, 0.15) is 5.75 Å². The van der Waals surface area contributed by atoms with Gasteiger partial charge in [-0.05, 0) is 35.9 Å². The Morgan fingerprint density at radius 1 is 1.26 bits per heavy atom. The number of hydrogen-bond acceptors (Lipinski definition) is 5. The molecule has 1 atom stereocenters. The van der Waals surface area contributed by atoms with Gasteiger partial charge < -0.3 is 10.1 Å². The maximum Gasteiger partial charge on any atom is 0.243 e. The molecule has 2 aromatic rings. The SMILES string of the molecule is COc1ccc(S(=O)(=O)N2CCNCC2c2cccnc2)cc1. The number of methoxy groups -OCH3 is 1. The number of nitrogens with one attached hydrogen (secondary N) is 1. The molecule has 1 unspecified atom stereocenters. The van der Waals surface area contributed by atoms with Crippen molar-refractivity contribution in [2.75, 3.05) is 26.7 Å². The van der Waals surface area contributed by atoms with Gasteiger partial charge in [0.25, 0.3) is 0 Å². The Morgan fingerprint density at radius 2 is 2.04 bits per heavy atom. The number of nitrogens with zero attached hydrogens (tertiary/aromatic N) is 2. The van der Waals surface area contributed by atoms with E-state index in [1.807, 2.05) is 12.1 Å². The average molecular weight is 333 g/mol. The summed E-state index contributed by atoms with van der Waals surface area (Å²) < 4.78 is 32.7. The molecule has 7 heteroatoms. The molecule has 0 radical (unpaired) electrons. The van der Waals surface area contributed by atoms with Crippen LogP contribution in [-0.4, -0.2) is 44.5 Å². The predicted molar refractivity (Wildman–Crippen MR) is 86.7 cm³/mol. The molecule has 1 N–H and O–H groups in total. The van der Waals surface area contributed by atoms with Crippen LogP contribution in [0.25, 0.3) is 0 Å². The van der Waals surface area contributed by atoms with Gasteiger partial charge in [0.2, 0.25) is 10.0 Å². The van der Waals surface area contributed by atoms with Crippen LogP contribution in [0.5, 0.6) is 5.75 Å². The summed E-state index contributed by atoms with van der Waals surface area (Å²) in [5, 5.41) is 3.25. The Kier molecular flexibility index (Phi) is 4.61. The lowest BCUT2D eigenvalue weighted by molar-refractivity contribution is 0.271. The second kappa shape index (κ2) is 6.66. The van der Waals surface area contributed by atoms with Gasteiger partial charge in [-0.1, -0.05) is 6.07 Å². The van der Waals surface area contributed by atoms with Gasteiger partial charge in [-0.15, -0.1) is 0 Å². The summed E-state index contributed by atoms with van der Waals surface area (Å²) in [5.74, 6) is 0.632. The summed E-state index contributed by atoms with van der Waals surface area (Å²) in [5.41, 5.74) is 0.886. The van der Waals surface area contributed by atoms with Crippen molar-refractivity contribution in [2.45, 2.75) is 10.9 Å². The topological polar surface area (TPSA) is 71.5 Å². The van der Waals surface area contributed by atoms with Crippen LogP contribution in [-0.2, 0) is 10.0 Å². The summed E-state index contributed by atoms with van der Waals surface area (Å²) in [4.78, 5) is 4.38. The number of benzene rings is 1. The van der Waals surface area contributed by atoms with Crippen molar-refractivity contribution in [2.24, 2.45) is 0 Å². The number of hydrogen-bond donors (Lipinski definition) is 1. The molecule has 1 aliphatic heterocycles. The highest BCUT2D eigenvalue weighted by molar-refractivity contribution is 7.89. The first-order chi connectivity index (χ1) is 11.1. The molecular formula is C16H19N3O3S. The molecule has 2 heterocycles. The van der Waals surface area contributed by atoms with E-state index in [9.17, 15) is 8.42 Å². The van der Waals surface area contributed by atoms with Crippen LogP contribution < -0.4 is 10.1 Å². The molecular weight excluding hydrogens is 314 g/mol. The van der Waals surface area contributed by atoms with E-state index in [-0.39, 0.29) is 10.9 Å². The molecule has 1 aliphatic rings. The van der Waals surface area contributed by atoms with Crippen molar-refractivity contribution in [3.8, 4) is 5.75 Å². The maximum atomic E-state index is 13.0. The van der Waals surface area contributed by atoms with Gasteiger partial charge in [-0.2, -0.15) is 4.31 Å². The lowest BCUT2D eigenvalue weighted by Gasteiger charge is -2.35. The minimum atomic E-state index is -3.57. The number of aromatic nitrogens is 1. The zero-order valence-corrected chi connectivity index (χ0v) is 13.7. The van der Waals surface area contributed by atoms with Crippen LogP contribution in [0.1, 0.15) is 11.6 Å². The Morgan fingerprint density at radius 3 is 2.70 bits per heavy atom. The third kappa shape index (κ3) is 3.21. The van der Waals surface area contributed by atoms with E-state index in [1.165, 1.54) is 0 Å². The highest BCUT2D eigenvalue weighted by Crippen LogP contribution is 2.29. The fraction of sp³-hybridized carbons (Fsp3) is 0.312. The van der Waals surface area contributed by atoms with E-state index in [1.54, 1.807) is 48.1 Å². The molecule has 23 heavy (non-hydrogen) atoms. The van der Waals surface area contributed by atoms with Crippen LogP contribution in [0.3, 0.4) is 0 Å². The first-order valence-corrected chi connectivity index (χ1v) is 8.83. The van der Waals surface area contributed by atoms with E-state index in [4.69, 9.17) is 4.74 Å². The van der Waals surface area contributed by atoms with E-state index < -0.39 is 10.0 Å². The van der Waals surface area contributed by atoms with Gasteiger partial charge in [-0.3, -0.25) is 4.98 Å². The average Bonchev–Trinajstić information content (AvgIpc) is 2.62. The molecule has 0 spiro atoms. The molecule has 0 bridgehead atoms. The van der Waals surface area contributed by atoms with Crippen LogP contribution in [0.2, 0.25) is 0 Å². The fourth-order valence-electron chi connectivity index (χ4n) is 2.71. The van der Waals surface area contributed by atoms with E-state index in [0.29, 0.717) is 25.4 Å². The van der Waals surface area contributed by atoms with Crippen LogP contribution in [0, 0.1) is 0 Å². The zero-order valence-electron chi connectivity index (χ0n) is 12.8. The van der Waals surface area contributed by atoms with Crippen molar-refractivity contribution < 1.29 is 13.2 Å². The Balaban J connectivity index is 1.95. The lowest BCUT2D eigenvalue weighted by atomic mass is 10.1. The largest absolute Gasteiger partial charge is 0.497 e. The molecule has 0 amide bonds. The van der Waals surface area contributed by atoms with Crippen LogP contribution in [0.15, 0.2) is 53.7 Å².